The van der Waals surface area contributed by atoms with Crippen molar-refractivity contribution < 1.29 is 19.4 Å². The first-order valence-corrected chi connectivity index (χ1v) is 7.18. The normalized spacial score (nSPS) is 23.4. The van der Waals surface area contributed by atoms with Crippen LogP contribution in [0.3, 0.4) is 0 Å². The maximum atomic E-state index is 12.4. The van der Waals surface area contributed by atoms with Gasteiger partial charge in [0, 0.05) is 25.3 Å². The SMILES string of the molecule is CCN(C(=O)CN1CCOC(C(=O)O)C1)C1=CCCC1. The Labute approximate surface area is 119 Å². The zero-order valence-electron chi connectivity index (χ0n) is 11.9. The molecule has 0 bridgehead atoms. The number of amides is 1. The third-order valence-electron chi connectivity index (χ3n) is 3.77. The minimum absolute atomic E-state index is 0.0479. The number of morpholine rings is 1. The highest BCUT2D eigenvalue weighted by molar-refractivity contribution is 5.80. The van der Waals surface area contributed by atoms with Crippen molar-refractivity contribution in [1.29, 1.82) is 0 Å². The van der Waals surface area contributed by atoms with Crippen LogP contribution in [0.15, 0.2) is 11.8 Å². The van der Waals surface area contributed by atoms with Crippen molar-refractivity contribution in [1.82, 2.24) is 9.80 Å². The van der Waals surface area contributed by atoms with Gasteiger partial charge in [-0.3, -0.25) is 9.69 Å². The lowest BCUT2D eigenvalue weighted by Crippen LogP contribution is -2.49. The van der Waals surface area contributed by atoms with Crippen molar-refractivity contribution in [2.75, 3.05) is 32.8 Å². The van der Waals surface area contributed by atoms with Gasteiger partial charge in [-0.15, -0.1) is 0 Å². The van der Waals surface area contributed by atoms with Crippen LogP contribution in [-0.2, 0) is 14.3 Å². The van der Waals surface area contributed by atoms with Crippen LogP contribution in [0.2, 0.25) is 0 Å². The van der Waals surface area contributed by atoms with E-state index in [1.807, 2.05) is 16.7 Å². The van der Waals surface area contributed by atoms with Gasteiger partial charge in [0.15, 0.2) is 6.10 Å². The van der Waals surface area contributed by atoms with Crippen molar-refractivity contribution >= 4 is 11.9 Å². The van der Waals surface area contributed by atoms with Gasteiger partial charge in [-0.05, 0) is 26.2 Å². The molecule has 1 fully saturated rings. The number of likely N-dealkylation sites (N-methyl/N-ethyl adjacent to an activating group) is 1. The molecule has 1 saturated heterocycles. The highest BCUT2D eigenvalue weighted by atomic mass is 16.5. The van der Waals surface area contributed by atoms with Crippen LogP contribution < -0.4 is 0 Å². The van der Waals surface area contributed by atoms with Crippen molar-refractivity contribution in [3.8, 4) is 0 Å². The molecule has 2 rings (SSSR count). The van der Waals surface area contributed by atoms with Gasteiger partial charge in [-0.1, -0.05) is 6.08 Å². The first kappa shape index (κ1) is 15.0. The third kappa shape index (κ3) is 3.58. The Morgan fingerprint density at radius 2 is 2.35 bits per heavy atom. The maximum Gasteiger partial charge on any atom is 0.334 e. The van der Waals surface area contributed by atoms with Gasteiger partial charge in [-0.25, -0.2) is 4.79 Å². The van der Waals surface area contributed by atoms with E-state index in [2.05, 4.69) is 6.08 Å². The van der Waals surface area contributed by atoms with Gasteiger partial charge in [0.2, 0.25) is 5.91 Å². The summed E-state index contributed by atoms with van der Waals surface area (Å²) in [6.07, 6.45) is 4.41. The summed E-state index contributed by atoms with van der Waals surface area (Å²) in [5.41, 5.74) is 1.11. The fourth-order valence-electron chi connectivity index (χ4n) is 2.71. The van der Waals surface area contributed by atoms with E-state index in [4.69, 9.17) is 9.84 Å². The summed E-state index contributed by atoms with van der Waals surface area (Å²) in [4.78, 5) is 27.0. The van der Waals surface area contributed by atoms with Crippen LogP contribution in [0.25, 0.3) is 0 Å². The van der Waals surface area contributed by atoms with Crippen LogP contribution in [-0.4, -0.2) is 65.7 Å². The van der Waals surface area contributed by atoms with E-state index in [1.54, 1.807) is 0 Å². The van der Waals surface area contributed by atoms with E-state index in [1.165, 1.54) is 0 Å². The lowest BCUT2D eigenvalue weighted by molar-refractivity contribution is -0.157. The molecule has 0 spiro atoms. The minimum Gasteiger partial charge on any atom is -0.479 e. The molecule has 1 aliphatic heterocycles. The van der Waals surface area contributed by atoms with Crippen LogP contribution in [0.1, 0.15) is 26.2 Å². The second-order valence-corrected chi connectivity index (χ2v) is 5.16. The molecule has 0 aromatic rings. The van der Waals surface area contributed by atoms with Gasteiger partial charge < -0.3 is 14.7 Å². The summed E-state index contributed by atoms with van der Waals surface area (Å²) >= 11 is 0. The predicted octanol–water partition coefficient (Wildman–Crippen LogP) is 0.688. The number of nitrogens with zero attached hydrogens (tertiary/aromatic N) is 2. The number of hydrogen-bond acceptors (Lipinski definition) is 4. The second kappa shape index (κ2) is 6.85. The van der Waals surface area contributed by atoms with E-state index in [-0.39, 0.29) is 19.0 Å². The van der Waals surface area contributed by atoms with E-state index < -0.39 is 12.1 Å². The zero-order valence-corrected chi connectivity index (χ0v) is 11.9. The monoisotopic (exact) mass is 282 g/mol. The quantitative estimate of drug-likeness (QED) is 0.803. The molecule has 1 N–H and O–H groups in total. The molecule has 6 nitrogen and oxygen atoms in total. The van der Waals surface area contributed by atoms with Gasteiger partial charge in [0.05, 0.1) is 13.2 Å². The molecule has 1 amide bonds. The number of carbonyl (C=O) groups is 2. The number of carboxylic acid groups (broad SMARTS) is 1. The van der Waals surface area contributed by atoms with E-state index in [9.17, 15) is 9.59 Å². The molecule has 20 heavy (non-hydrogen) atoms. The Morgan fingerprint density at radius 1 is 1.55 bits per heavy atom. The number of carboxylic acids is 1. The van der Waals surface area contributed by atoms with Gasteiger partial charge in [-0.2, -0.15) is 0 Å². The molecule has 112 valence electrons. The molecular formula is C14H22N2O4. The largest absolute Gasteiger partial charge is 0.479 e. The van der Waals surface area contributed by atoms with Gasteiger partial charge >= 0.3 is 5.97 Å². The van der Waals surface area contributed by atoms with Crippen molar-refractivity contribution in [3.63, 3.8) is 0 Å². The second-order valence-electron chi connectivity index (χ2n) is 5.16. The number of hydrogen-bond donors (Lipinski definition) is 1. The Balaban J connectivity index is 1.91. The van der Waals surface area contributed by atoms with Crippen LogP contribution >= 0.6 is 0 Å². The lowest BCUT2D eigenvalue weighted by Gasteiger charge is -2.32. The van der Waals surface area contributed by atoms with Crippen molar-refractivity contribution in [2.45, 2.75) is 32.3 Å². The van der Waals surface area contributed by atoms with E-state index in [0.717, 1.165) is 25.0 Å². The van der Waals surface area contributed by atoms with Gasteiger partial charge in [0.25, 0.3) is 0 Å². The minimum atomic E-state index is -0.965. The standard InChI is InChI=1S/C14H22N2O4/c1-2-16(11-5-3-4-6-11)13(17)10-15-7-8-20-12(9-15)14(18)19/h5,12H,2-4,6-10H2,1H3,(H,18,19). The number of allylic oxidation sites excluding steroid dienone is 2. The fraction of sp³-hybridized carbons (Fsp3) is 0.714. The Morgan fingerprint density at radius 3 is 2.95 bits per heavy atom. The number of ether oxygens (including phenoxy) is 1. The van der Waals surface area contributed by atoms with E-state index in [0.29, 0.717) is 19.7 Å². The smallest absolute Gasteiger partial charge is 0.334 e. The average Bonchev–Trinajstić information content (AvgIpc) is 2.93. The van der Waals surface area contributed by atoms with Crippen molar-refractivity contribution in [3.05, 3.63) is 11.8 Å². The molecular weight excluding hydrogens is 260 g/mol. The highest BCUT2D eigenvalue weighted by Crippen LogP contribution is 2.21. The number of rotatable bonds is 5. The van der Waals surface area contributed by atoms with Crippen molar-refractivity contribution in [2.24, 2.45) is 0 Å². The number of aliphatic carboxylic acids is 1. The van der Waals surface area contributed by atoms with Crippen LogP contribution in [0.4, 0.5) is 0 Å². The molecule has 6 heteroatoms. The summed E-state index contributed by atoms with van der Waals surface area (Å²) < 4.78 is 5.16. The Bertz CT molecular complexity index is 408. The molecule has 1 unspecified atom stereocenters. The topological polar surface area (TPSA) is 70.1 Å². The predicted molar refractivity (Wildman–Crippen MR) is 73.1 cm³/mol. The highest BCUT2D eigenvalue weighted by Gasteiger charge is 2.28. The van der Waals surface area contributed by atoms with Crippen LogP contribution in [0.5, 0.6) is 0 Å². The summed E-state index contributed by atoms with van der Waals surface area (Å²) in [6, 6.07) is 0. The molecule has 1 aliphatic carbocycles. The molecule has 2 aliphatic rings. The fourth-order valence-corrected chi connectivity index (χ4v) is 2.71. The summed E-state index contributed by atoms with van der Waals surface area (Å²) in [5.74, 6) is -0.917. The lowest BCUT2D eigenvalue weighted by atomic mass is 10.2. The molecule has 0 aromatic carbocycles. The first-order valence-electron chi connectivity index (χ1n) is 7.18. The summed E-state index contributed by atoms with van der Waals surface area (Å²) in [7, 11) is 0. The third-order valence-corrected chi connectivity index (χ3v) is 3.77. The number of carbonyl (C=O) groups excluding carboxylic acids is 1. The first-order chi connectivity index (χ1) is 9.61. The Kier molecular flexibility index (Phi) is 5.14. The Hall–Kier alpha value is -1.40. The molecule has 0 aromatic heterocycles. The molecule has 0 saturated carbocycles. The molecule has 0 radical (unpaired) electrons. The van der Waals surface area contributed by atoms with E-state index >= 15 is 0 Å². The summed E-state index contributed by atoms with van der Waals surface area (Å²) in [5, 5.41) is 8.96. The zero-order chi connectivity index (χ0) is 14.5. The summed E-state index contributed by atoms with van der Waals surface area (Å²) in [6.45, 7) is 4.13. The van der Waals surface area contributed by atoms with Gasteiger partial charge in [0.1, 0.15) is 0 Å². The van der Waals surface area contributed by atoms with Crippen LogP contribution in [0, 0.1) is 0 Å². The molecule has 1 atom stereocenters. The average molecular weight is 282 g/mol. The maximum absolute atomic E-state index is 12.4. The molecule has 1 heterocycles.